The molecule has 1 saturated heterocycles. The van der Waals surface area contributed by atoms with Crippen LogP contribution in [0.3, 0.4) is 0 Å². The molecular formula is C17H14F3N3O2S. The van der Waals surface area contributed by atoms with Gasteiger partial charge < -0.3 is 4.90 Å². The Morgan fingerprint density at radius 1 is 0.923 bits per heavy atom. The lowest BCUT2D eigenvalue weighted by molar-refractivity contribution is 0.384. The monoisotopic (exact) mass is 381 g/mol. The van der Waals surface area contributed by atoms with Crippen LogP contribution >= 0.6 is 0 Å². The van der Waals surface area contributed by atoms with Crippen LogP contribution in [0, 0.1) is 28.8 Å². The van der Waals surface area contributed by atoms with E-state index in [1.807, 2.05) is 6.07 Å². The molecule has 0 aromatic heterocycles. The minimum Gasteiger partial charge on any atom is -0.368 e. The molecule has 0 amide bonds. The highest BCUT2D eigenvalue weighted by atomic mass is 32.2. The predicted octanol–water partition coefficient (Wildman–Crippen LogP) is 2.49. The molecule has 0 radical (unpaired) electrons. The summed E-state index contributed by atoms with van der Waals surface area (Å²) in [5.41, 5.74) is 0.307. The Hall–Kier alpha value is -2.57. The highest BCUT2D eigenvalue weighted by Gasteiger charge is 2.30. The van der Waals surface area contributed by atoms with Gasteiger partial charge in [-0.2, -0.15) is 9.57 Å². The first-order valence-corrected chi connectivity index (χ1v) is 9.17. The topological polar surface area (TPSA) is 64.4 Å². The van der Waals surface area contributed by atoms with Crippen molar-refractivity contribution >= 4 is 15.7 Å². The van der Waals surface area contributed by atoms with Crippen molar-refractivity contribution in [2.24, 2.45) is 0 Å². The molecule has 136 valence electrons. The lowest BCUT2D eigenvalue weighted by Crippen LogP contribution is -2.48. The van der Waals surface area contributed by atoms with Gasteiger partial charge >= 0.3 is 0 Å². The van der Waals surface area contributed by atoms with Crippen molar-refractivity contribution in [1.82, 2.24) is 4.31 Å². The van der Waals surface area contributed by atoms with E-state index in [9.17, 15) is 21.6 Å². The van der Waals surface area contributed by atoms with Gasteiger partial charge in [-0.15, -0.1) is 0 Å². The number of sulfonamides is 1. The SMILES string of the molecule is N#Cc1c(F)cccc1N1CCN(S(=O)(=O)c2ccc(F)c(F)c2)CC1. The van der Waals surface area contributed by atoms with E-state index in [2.05, 4.69) is 0 Å². The van der Waals surface area contributed by atoms with Gasteiger partial charge in [0.05, 0.1) is 10.6 Å². The predicted molar refractivity (Wildman–Crippen MR) is 88.4 cm³/mol. The number of rotatable bonds is 3. The van der Waals surface area contributed by atoms with Gasteiger partial charge in [0.1, 0.15) is 17.4 Å². The van der Waals surface area contributed by atoms with Crippen LogP contribution in [-0.4, -0.2) is 38.9 Å². The number of benzene rings is 2. The molecule has 0 spiro atoms. The Bertz CT molecular complexity index is 981. The summed E-state index contributed by atoms with van der Waals surface area (Å²) in [7, 11) is -3.97. The first-order valence-electron chi connectivity index (χ1n) is 7.73. The maximum absolute atomic E-state index is 13.7. The van der Waals surface area contributed by atoms with E-state index in [0.717, 1.165) is 16.4 Å². The van der Waals surface area contributed by atoms with Crippen molar-refractivity contribution < 1.29 is 21.6 Å². The van der Waals surface area contributed by atoms with Crippen LogP contribution in [0.15, 0.2) is 41.3 Å². The summed E-state index contributed by atoms with van der Waals surface area (Å²) >= 11 is 0. The van der Waals surface area contributed by atoms with Crippen LogP contribution in [0.4, 0.5) is 18.9 Å². The molecule has 2 aromatic rings. The highest BCUT2D eigenvalue weighted by Crippen LogP contribution is 2.26. The van der Waals surface area contributed by atoms with Crippen LogP contribution in [-0.2, 0) is 10.0 Å². The number of nitriles is 1. The molecule has 0 saturated carbocycles. The molecule has 0 unspecified atom stereocenters. The van der Waals surface area contributed by atoms with Crippen molar-refractivity contribution in [3.05, 3.63) is 59.4 Å². The van der Waals surface area contributed by atoms with E-state index in [4.69, 9.17) is 5.26 Å². The van der Waals surface area contributed by atoms with Gasteiger partial charge in [-0.1, -0.05) is 6.07 Å². The Balaban J connectivity index is 1.79. The number of piperazine rings is 1. The van der Waals surface area contributed by atoms with Gasteiger partial charge in [-0.3, -0.25) is 0 Å². The standard InChI is InChI=1S/C17H14F3N3O2S/c18-14-2-1-3-17(13(14)11-21)22-6-8-23(9-7-22)26(24,25)12-4-5-15(19)16(20)10-12/h1-5,10H,6-9H2. The minimum atomic E-state index is -3.97. The van der Waals surface area contributed by atoms with Crippen LogP contribution < -0.4 is 4.90 Å². The zero-order valence-corrected chi connectivity index (χ0v) is 14.3. The lowest BCUT2D eigenvalue weighted by Gasteiger charge is -2.35. The van der Waals surface area contributed by atoms with E-state index < -0.39 is 27.5 Å². The third-order valence-corrected chi connectivity index (χ3v) is 6.11. The highest BCUT2D eigenvalue weighted by molar-refractivity contribution is 7.89. The van der Waals surface area contributed by atoms with E-state index >= 15 is 0 Å². The minimum absolute atomic E-state index is 0.0721. The van der Waals surface area contributed by atoms with Crippen LogP contribution in [0.25, 0.3) is 0 Å². The fraction of sp³-hybridized carbons (Fsp3) is 0.235. The second-order valence-electron chi connectivity index (χ2n) is 5.71. The zero-order valence-electron chi connectivity index (χ0n) is 13.5. The Labute approximate surface area is 148 Å². The van der Waals surface area contributed by atoms with Crippen LogP contribution in [0.1, 0.15) is 5.56 Å². The maximum atomic E-state index is 13.7. The number of hydrogen-bond acceptors (Lipinski definition) is 4. The molecule has 3 rings (SSSR count). The van der Waals surface area contributed by atoms with Crippen molar-refractivity contribution in [3.8, 4) is 6.07 Å². The first kappa shape index (κ1) is 18.2. The van der Waals surface area contributed by atoms with Gasteiger partial charge in [-0.05, 0) is 30.3 Å². The van der Waals surface area contributed by atoms with E-state index in [1.54, 1.807) is 11.0 Å². The molecule has 0 atom stereocenters. The second-order valence-corrected chi connectivity index (χ2v) is 7.65. The van der Waals surface area contributed by atoms with E-state index in [-0.39, 0.29) is 36.6 Å². The molecule has 1 aliphatic heterocycles. The van der Waals surface area contributed by atoms with Crippen molar-refractivity contribution in [1.29, 1.82) is 5.26 Å². The summed E-state index contributed by atoms with van der Waals surface area (Å²) in [5, 5.41) is 9.12. The van der Waals surface area contributed by atoms with E-state index in [0.29, 0.717) is 11.8 Å². The fourth-order valence-corrected chi connectivity index (χ4v) is 4.28. The van der Waals surface area contributed by atoms with Crippen molar-refractivity contribution in [3.63, 3.8) is 0 Å². The summed E-state index contributed by atoms with van der Waals surface area (Å²) in [4.78, 5) is 1.40. The first-order chi connectivity index (χ1) is 12.3. The molecule has 26 heavy (non-hydrogen) atoms. The smallest absolute Gasteiger partial charge is 0.243 e. The molecular weight excluding hydrogens is 367 g/mol. The Kier molecular flexibility index (Phi) is 4.89. The van der Waals surface area contributed by atoms with Gasteiger partial charge in [0.25, 0.3) is 0 Å². The zero-order chi connectivity index (χ0) is 18.9. The summed E-state index contributed by atoms with van der Waals surface area (Å²) < 4.78 is 66.4. The third-order valence-electron chi connectivity index (χ3n) is 4.21. The normalized spacial score (nSPS) is 15.7. The van der Waals surface area contributed by atoms with Crippen molar-refractivity contribution in [2.45, 2.75) is 4.90 Å². The van der Waals surface area contributed by atoms with Crippen LogP contribution in [0.2, 0.25) is 0 Å². The van der Waals surface area contributed by atoms with Gasteiger partial charge in [-0.25, -0.2) is 21.6 Å². The molecule has 9 heteroatoms. The van der Waals surface area contributed by atoms with Gasteiger partial charge in [0, 0.05) is 26.2 Å². The van der Waals surface area contributed by atoms with Crippen molar-refractivity contribution in [2.75, 3.05) is 31.1 Å². The summed E-state index contributed by atoms with van der Waals surface area (Å²) in [5.74, 6) is -2.99. The molecule has 5 nitrogen and oxygen atoms in total. The van der Waals surface area contributed by atoms with Crippen LogP contribution in [0.5, 0.6) is 0 Å². The molecule has 0 bridgehead atoms. The average molecular weight is 381 g/mol. The quantitative estimate of drug-likeness (QED) is 0.820. The molecule has 1 fully saturated rings. The summed E-state index contributed by atoms with van der Waals surface area (Å²) in [6, 6.07) is 8.51. The molecule has 1 aliphatic rings. The lowest BCUT2D eigenvalue weighted by atomic mass is 10.1. The number of halogens is 3. The summed E-state index contributed by atoms with van der Waals surface area (Å²) in [6.45, 7) is 0.619. The average Bonchev–Trinajstić information content (AvgIpc) is 2.63. The number of hydrogen-bond donors (Lipinski definition) is 0. The Morgan fingerprint density at radius 2 is 1.62 bits per heavy atom. The van der Waals surface area contributed by atoms with Gasteiger partial charge in [0.15, 0.2) is 11.6 Å². The Morgan fingerprint density at radius 3 is 2.23 bits per heavy atom. The molecule has 0 aliphatic carbocycles. The number of nitrogens with zero attached hydrogens (tertiary/aromatic N) is 3. The third kappa shape index (κ3) is 3.25. The second kappa shape index (κ2) is 6.97. The maximum Gasteiger partial charge on any atom is 0.243 e. The number of anilines is 1. The fourth-order valence-electron chi connectivity index (χ4n) is 2.84. The molecule has 2 aromatic carbocycles. The van der Waals surface area contributed by atoms with E-state index in [1.165, 1.54) is 12.1 Å². The molecule has 1 heterocycles. The summed E-state index contributed by atoms with van der Waals surface area (Å²) in [6.07, 6.45) is 0. The van der Waals surface area contributed by atoms with Gasteiger partial charge in [0.2, 0.25) is 10.0 Å². The molecule has 0 N–H and O–H groups in total. The largest absolute Gasteiger partial charge is 0.368 e.